The largest absolute Gasteiger partial charge is 0.491 e. The first-order valence-corrected chi connectivity index (χ1v) is 6.77. The number of aliphatic hydroxyl groups is 1. The number of ether oxygens (including phenoxy) is 1. The predicted molar refractivity (Wildman–Crippen MR) is 75.5 cm³/mol. The molecule has 5 heteroatoms. The number of aliphatic hydroxyl groups excluding tert-OH is 1. The smallest absolute Gasteiger partial charge is 0.124 e. The van der Waals surface area contributed by atoms with Crippen molar-refractivity contribution in [2.75, 3.05) is 13.2 Å². The van der Waals surface area contributed by atoms with Crippen LogP contribution in [0.1, 0.15) is 18.2 Å². The zero-order valence-electron chi connectivity index (χ0n) is 11.6. The molecule has 0 saturated carbocycles. The average Bonchev–Trinajstić information content (AvgIpc) is 2.99. The summed E-state index contributed by atoms with van der Waals surface area (Å²) >= 11 is 0. The van der Waals surface area contributed by atoms with Crippen LogP contribution in [0.3, 0.4) is 0 Å². The van der Waals surface area contributed by atoms with E-state index in [9.17, 15) is 5.11 Å². The van der Waals surface area contributed by atoms with Gasteiger partial charge in [0.2, 0.25) is 0 Å². The molecule has 1 aromatic carbocycles. The zero-order valence-corrected chi connectivity index (χ0v) is 11.6. The van der Waals surface area contributed by atoms with Gasteiger partial charge in [-0.05, 0) is 24.1 Å². The van der Waals surface area contributed by atoms with E-state index in [-0.39, 0.29) is 6.61 Å². The lowest BCUT2D eigenvalue weighted by Crippen LogP contribution is -2.31. The van der Waals surface area contributed by atoms with Gasteiger partial charge in [0.25, 0.3) is 0 Å². The van der Waals surface area contributed by atoms with Crippen molar-refractivity contribution in [2.45, 2.75) is 26.0 Å². The SMILES string of the molecule is CCc1ccc(OCC(O)CNCc2ccon2)cc1. The Morgan fingerprint density at radius 2 is 2.10 bits per heavy atom. The monoisotopic (exact) mass is 276 g/mol. The van der Waals surface area contributed by atoms with Crippen molar-refractivity contribution in [2.24, 2.45) is 0 Å². The zero-order chi connectivity index (χ0) is 14.2. The van der Waals surface area contributed by atoms with Crippen LogP contribution in [0.2, 0.25) is 0 Å². The molecule has 1 unspecified atom stereocenters. The minimum atomic E-state index is -0.562. The van der Waals surface area contributed by atoms with Crippen LogP contribution in [0.15, 0.2) is 41.1 Å². The van der Waals surface area contributed by atoms with E-state index < -0.39 is 6.10 Å². The Labute approximate surface area is 118 Å². The number of hydrogen-bond donors (Lipinski definition) is 2. The van der Waals surface area contributed by atoms with Crippen molar-refractivity contribution >= 4 is 0 Å². The summed E-state index contributed by atoms with van der Waals surface area (Å²) in [5, 5.41) is 16.7. The number of nitrogens with zero attached hydrogens (tertiary/aromatic N) is 1. The van der Waals surface area contributed by atoms with Gasteiger partial charge in [-0.15, -0.1) is 0 Å². The highest BCUT2D eigenvalue weighted by Crippen LogP contribution is 2.12. The van der Waals surface area contributed by atoms with Gasteiger partial charge >= 0.3 is 0 Å². The van der Waals surface area contributed by atoms with E-state index in [0.29, 0.717) is 13.1 Å². The highest BCUT2D eigenvalue weighted by atomic mass is 16.5. The van der Waals surface area contributed by atoms with E-state index >= 15 is 0 Å². The van der Waals surface area contributed by atoms with Crippen molar-refractivity contribution in [3.05, 3.63) is 47.9 Å². The molecule has 5 nitrogen and oxygen atoms in total. The van der Waals surface area contributed by atoms with Crippen LogP contribution in [0.4, 0.5) is 0 Å². The fourth-order valence-electron chi connectivity index (χ4n) is 1.77. The summed E-state index contributed by atoms with van der Waals surface area (Å²) in [7, 11) is 0. The molecule has 2 N–H and O–H groups in total. The fourth-order valence-corrected chi connectivity index (χ4v) is 1.77. The van der Waals surface area contributed by atoms with Crippen molar-refractivity contribution in [3.63, 3.8) is 0 Å². The van der Waals surface area contributed by atoms with Crippen LogP contribution >= 0.6 is 0 Å². The fraction of sp³-hybridized carbons (Fsp3) is 0.400. The molecule has 20 heavy (non-hydrogen) atoms. The number of nitrogens with one attached hydrogen (secondary N) is 1. The van der Waals surface area contributed by atoms with Crippen LogP contribution in [-0.4, -0.2) is 29.5 Å². The summed E-state index contributed by atoms with van der Waals surface area (Å²) in [5.41, 5.74) is 2.08. The highest BCUT2D eigenvalue weighted by Gasteiger charge is 2.05. The van der Waals surface area contributed by atoms with Gasteiger partial charge in [0.1, 0.15) is 24.7 Å². The first-order chi connectivity index (χ1) is 9.78. The Bertz CT molecular complexity index is 482. The van der Waals surface area contributed by atoms with Gasteiger partial charge in [-0.1, -0.05) is 24.2 Å². The quantitative estimate of drug-likeness (QED) is 0.769. The van der Waals surface area contributed by atoms with E-state index in [4.69, 9.17) is 9.26 Å². The van der Waals surface area contributed by atoms with Crippen LogP contribution in [0, 0.1) is 0 Å². The Hall–Kier alpha value is -1.85. The summed E-state index contributed by atoms with van der Waals surface area (Å²) in [5.74, 6) is 0.776. The van der Waals surface area contributed by atoms with Crippen molar-refractivity contribution in [3.8, 4) is 5.75 Å². The second-order valence-corrected chi connectivity index (χ2v) is 4.58. The number of aryl methyl sites for hydroxylation is 1. The minimum Gasteiger partial charge on any atom is -0.491 e. The number of hydrogen-bond acceptors (Lipinski definition) is 5. The van der Waals surface area contributed by atoms with E-state index in [1.165, 1.54) is 11.8 Å². The van der Waals surface area contributed by atoms with Crippen LogP contribution in [0.5, 0.6) is 5.75 Å². The van der Waals surface area contributed by atoms with Gasteiger partial charge in [-0.3, -0.25) is 0 Å². The van der Waals surface area contributed by atoms with Gasteiger partial charge in [-0.25, -0.2) is 0 Å². The molecule has 2 aromatic rings. The summed E-state index contributed by atoms with van der Waals surface area (Å²) in [4.78, 5) is 0. The third-order valence-electron chi connectivity index (χ3n) is 2.95. The first-order valence-electron chi connectivity index (χ1n) is 6.77. The maximum absolute atomic E-state index is 9.81. The maximum Gasteiger partial charge on any atom is 0.124 e. The molecule has 2 rings (SSSR count). The second-order valence-electron chi connectivity index (χ2n) is 4.58. The third kappa shape index (κ3) is 4.68. The molecule has 0 radical (unpaired) electrons. The molecule has 0 fully saturated rings. The summed E-state index contributed by atoms with van der Waals surface area (Å²) < 4.78 is 10.2. The molecule has 0 spiro atoms. The summed E-state index contributed by atoms with van der Waals surface area (Å²) in [6, 6.07) is 9.70. The van der Waals surface area contributed by atoms with Crippen LogP contribution in [0.25, 0.3) is 0 Å². The second kappa shape index (κ2) is 7.67. The van der Waals surface area contributed by atoms with E-state index in [0.717, 1.165) is 17.9 Å². The summed E-state index contributed by atoms with van der Waals surface area (Å²) in [6.07, 6.45) is 1.97. The van der Waals surface area contributed by atoms with Crippen LogP contribution in [-0.2, 0) is 13.0 Å². The molecule has 1 atom stereocenters. The predicted octanol–water partition coefficient (Wildman–Crippen LogP) is 1.77. The number of benzene rings is 1. The first kappa shape index (κ1) is 14.6. The lowest BCUT2D eigenvalue weighted by molar-refractivity contribution is 0.106. The van der Waals surface area contributed by atoms with Gasteiger partial charge in [0.15, 0.2) is 0 Å². The normalized spacial score (nSPS) is 12.3. The van der Waals surface area contributed by atoms with Crippen LogP contribution < -0.4 is 10.1 Å². The molecule has 0 amide bonds. The highest BCUT2D eigenvalue weighted by molar-refractivity contribution is 5.27. The molecule has 0 aliphatic rings. The molecular formula is C15H20N2O3. The number of rotatable bonds is 8. The Balaban J connectivity index is 1.65. The van der Waals surface area contributed by atoms with Crippen molar-refractivity contribution < 1.29 is 14.4 Å². The lowest BCUT2D eigenvalue weighted by atomic mass is 10.2. The lowest BCUT2D eigenvalue weighted by Gasteiger charge is -2.13. The van der Waals surface area contributed by atoms with E-state index in [1.807, 2.05) is 24.3 Å². The Morgan fingerprint density at radius 1 is 1.30 bits per heavy atom. The maximum atomic E-state index is 9.81. The molecule has 0 aliphatic heterocycles. The minimum absolute atomic E-state index is 0.261. The topological polar surface area (TPSA) is 67.5 Å². The molecule has 0 aliphatic carbocycles. The van der Waals surface area contributed by atoms with Gasteiger partial charge in [-0.2, -0.15) is 0 Å². The Kier molecular flexibility index (Phi) is 5.58. The Morgan fingerprint density at radius 3 is 2.75 bits per heavy atom. The molecule has 0 bridgehead atoms. The van der Waals surface area contributed by atoms with Gasteiger partial charge < -0.3 is 19.7 Å². The van der Waals surface area contributed by atoms with E-state index in [2.05, 4.69) is 17.4 Å². The molecule has 108 valence electrons. The average molecular weight is 276 g/mol. The third-order valence-corrected chi connectivity index (χ3v) is 2.95. The summed E-state index contributed by atoms with van der Waals surface area (Å²) in [6.45, 7) is 3.39. The number of aromatic nitrogens is 1. The molecule has 1 heterocycles. The van der Waals surface area contributed by atoms with Gasteiger partial charge in [0, 0.05) is 19.2 Å². The van der Waals surface area contributed by atoms with Gasteiger partial charge in [0.05, 0.1) is 5.69 Å². The molecule has 0 saturated heterocycles. The van der Waals surface area contributed by atoms with E-state index in [1.54, 1.807) is 6.07 Å². The van der Waals surface area contributed by atoms with Crippen molar-refractivity contribution in [1.29, 1.82) is 0 Å². The van der Waals surface area contributed by atoms with Crippen molar-refractivity contribution in [1.82, 2.24) is 10.5 Å². The standard InChI is InChI=1S/C15H20N2O3/c1-2-12-3-5-15(6-4-12)19-11-14(18)10-16-9-13-7-8-20-17-13/h3-8,14,16,18H,2,9-11H2,1H3. The molecular weight excluding hydrogens is 256 g/mol. The molecule has 1 aromatic heterocycles.